The van der Waals surface area contributed by atoms with Gasteiger partial charge in [0.25, 0.3) is 0 Å². The van der Waals surface area contributed by atoms with E-state index in [4.69, 9.17) is 15.3 Å². The maximum atomic E-state index is 9.05. The quantitative estimate of drug-likeness (QED) is 0.467. The van der Waals surface area contributed by atoms with Crippen molar-refractivity contribution in [2.75, 3.05) is 6.61 Å². The molecule has 3 heteroatoms. The number of rotatable bonds is 3. The molecule has 0 radical (unpaired) electrons. The van der Waals surface area contributed by atoms with Crippen LogP contribution in [-0.2, 0) is 0 Å². The molecular formula is C6H12O3. The van der Waals surface area contributed by atoms with Gasteiger partial charge in [0, 0.05) is 0 Å². The number of hydrogen-bond donors (Lipinski definition) is 3. The molecule has 0 amide bonds. The van der Waals surface area contributed by atoms with Crippen molar-refractivity contribution in [2.24, 2.45) is 5.92 Å². The Bertz CT molecular complexity index is 90.3. The van der Waals surface area contributed by atoms with Crippen molar-refractivity contribution in [1.82, 2.24) is 0 Å². The summed E-state index contributed by atoms with van der Waals surface area (Å²) in [6, 6.07) is 0. The van der Waals surface area contributed by atoms with Gasteiger partial charge in [0.05, 0.1) is 12.7 Å². The standard InChI is InChI=1S/C6H12O3/c7-3-5(8)6(9)4-1-2-4/h4-9H,1-3H2. The fourth-order valence-electron chi connectivity index (χ4n) is 0.860. The molecule has 2 unspecified atom stereocenters. The van der Waals surface area contributed by atoms with Crippen LogP contribution < -0.4 is 0 Å². The Morgan fingerprint density at radius 3 is 2.22 bits per heavy atom. The fourth-order valence-corrected chi connectivity index (χ4v) is 0.860. The fraction of sp³-hybridized carbons (Fsp3) is 1.00. The second-order valence-corrected chi connectivity index (χ2v) is 2.58. The summed E-state index contributed by atoms with van der Waals surface area (Å²) in [5, 5.41) is 26.3. The van der Waals surface area contributed by atoms with Crippen molar-refractivity contribution in [3.05, 3.63) is 0 Å². The molecule has 54 valence electrons. The highest BCUT2D eigenvalue weighted by atomic mass is 16.4. The van der Waals surface area contributed by atoms with E-state index in [2.05, 4.69) is 0 Å². The van der Waals surface area contributed by atoms with Gasteiger partial charge in [0.15, 0.2) is 0 Å². The van der Waals surface area contributed by atoms with Gasteiger partial charge in [0.2, 0.25) is 0 Å². The predicted molar refractivity (Wildman–Crippen MR) is 31.8 cm³/mol. The monoisotopic (exact) mass is 132 g/mol. The van der Waals surface area contributed by atoms with Crippen LogP contribution in [0.15, 0.2) is 0 Å². The first-order valence-electron chi connectivity index (χ1n) is 3.22. The summed E-state index contributed by atoms with van der Waals surface area (Å²) >= 11 is 0. The van der Waals surface area contributed by atoms with Gasteiger partial charge in [-0.1, -0.05) is 0 Å². The zero-order chi connectivity index (χ0) is 6.85. The first-order chi connectivity index (χ1) is 4.25. The van der Waals surface area contributed by atoms with Gasteiger partial charge in [-0.25, -0.2) is 0 Å². The van der Waals surface area contributed by atoms with Crippen molar-refractivity contribution < 1.29 is 15.3 Å². The lowest BCUT2D eigenvalue weighted by atomic mass is 10.1. The molecule has 1 aliphatic rings. The third kappa shape index (κ3) is 1.64. The summed E-state index contributed by atoms with van der Waals surface area (Å²) in [4.78, 5) is 0. The first-order valence-corrected chi connectivity index (χ1v) is 3.22. The molecule has 1 saturated carbocycles. The Hall–Kier alpha value is -0.120. The van der Waals surface area contributed by atoms with Crippen LogP contribution in [0.25, 0.3) is 0 Å². The topological polar surface area (TPSA) is 60.7 Å². The molecule has 0 heterocycles. The molecule has 2 atom stereocenters. The molecule has 3 nitrogen and oxygen atoms in total. The van der Waals surface area contributed by atoms with E-state index in [0.29, 0.717) is 0 Å². The maximum Gasteiger partial charge on any atom is 0.103 e. The van der Waals surface area contributed by atoms with Crippen molar-refractivity contribution in [3.8, 4) is 0 Å². The van der Waals surface area contributed by atoms with Gasteiger partial charge in [-0.05, 0) is 18.8 Å². The normalized spacial score (nSPS) is 25.7. The van der Waals surface area contributed by atoms with Crippen molar-refractivity contribution in [2.45, 2.75) is 25.0 Å². The molecule has 1 aliphatic carbocycles. The second kappa shape index (κ2) is 2.64. The zero-order valence-corrected chi connectivity index (χ0v) is 5.20. The van der Waals surface area contributed by atoms with Crippen LogP contribution in [0.1, 0.15) is 12.8 Å². The minimum atomic E-state index is -0.933. The van der Waals surface area contributed by atoms with Crippen LogP contribution in [-0.4, -0.2) is 34.1 Å². The zero-order valence-electron chi connectivity index (χ0n) is 5.20. The predicted octanol–water partition coefficient (Wildman–Crippen LogP) is -0.890. The largest absolute Gasteiger partial charge is 0.394 e. The minimum absolute atomic E-state index is 0.243. The van der Waals surface area contributed by atoms with E-state index in [1.165, 1.54) is 0 Å². The van der Waals surface area contributed by atoms with Gasteiger partial charge in [-0.15, -0.1) is 0 Å². The summed E-state index contributed by atoms with van der Waals surface area (Å²) in [7, 11) is 0. The van der Waals surface area contributed by atoms with E-state index >= 15 is 0 Å². The second-order valence-electron chi connectivity index (χ2n) is 2.58. The Labute approximate surface area is 53.9 Å². The van der Waals surface area contributed by atoms with E-state index in [9.17, 15) is 0 Å². The lowest BCUT2D eigenvalue weighted by Gasteiger charge is -2.13. The van der Waals surface area contributed by atoms with Crippen LogP contribution in [0, 0.1) is 5.92 Å². The molecule has 9 heavy (non-hydrogen) atoms. The lowest BCUT2D eigenvalue weighted by Crippen LogP contribution is -2.30. The van der Waals surface area contributed by atoms with Gasteiger partial charge < -0.3 is 15.3 Å². The van der Waals surface area contributed by atoms with Crippen molar-refractivity contribution >= 4 is 0 Å². The molecule has 0 aromatic rings. The molecule has 1 rings (SSSR count). The van der Waals surface area contributed by atoms with Crippen LogP contribution in [0.3, 0.4) is 0 Å². The summed E-state index contributed by atoms with van der Waals surface area (Å²) < 4.78 is 0. The summed E-state index contributed by atoms with van der Waals surface area (Å²) in [5.41, 5.74) is 0. The Kier molecular flexibility index (Phi) is 2.05. The molecular weight excluding hydrogens is 120 g/mol. The number of aliphatic hydroxyl groups excluding tert-OH is 3. The van der Waals surface area contributed by atoms with E-state index in [1.54, 1.807) is 0 Å². The SMILES string of the molecule is OCC(O)C(O)C1CC1. The summed E-state index contributed by atoms with van der Waals surface area (Å²) in [6.45, 7) is -0.336. The molecule has 3 N–H and O–H groups in total. The maximum absolute atomic E-state index is 9.05. The van der Waals surface area contributed by atoms with Gasteiger partial charge >= 0.3 is 0 Å². The van der Waals surface area contributed by atoms with E-state index < -0.39 is 12.2 Å². The Balaban J connectivity index is 2.22. The molecule has 0 aromatic carbocycles. The highest BCUT2D eigenvalue weighted by Gasteiger charge is 2.33. The lowest BCUT2D eigenvalue weighted by molar-refractivity contribution is -0.0244. The van der Waals surface area contributed by atoms with Crippen LogP contribution >= 0.6 is 0 Å². The van der Waals surface area contributed by atoms with Crippen LogP contribution in [0.5, 0.6) is 0 Å². The van der Waals surface area contributed by atoms with Gasteiger partial charge in [0.1, 0.15) is 6.10 Å². The molecule has 0 saturated heterocycles. The van der Waals surface area contributed by atoms with Crippen LogP contribution in [0.2, 0.25) is 0 Å². The van der Waals surface area contributed by atoms with E-state index in [1.807, 2.05) is 0 Å². The summed E-state index contributed by atoms with van der Waals surface area (Å²) in [5.74, 6) is 0.243. The average Bonchev–Trinajstić information content (AvgIpc) is 2.66. The Morgan fingerprint density at radius 2 is 1.89 bits per heavy atom. The number of aliphatic hydroxyl groups is 3. The van der Waals surface area contributed by atoms with E-state index in [0.717, 1.165) is 12.8 Å². The van der Waals surface area contributed by atoms with Gasteiger partial charge in [-0.3, -0.25) is 0 Å². The number of hydrogen-bond acceptors (Lipinski definition) is 3. The highest BCUT2D eigenvalue weighted by molar-refractivity contribution is 4.84. The molecule has 0 bridgehead atoms. The molecule has 0 spiro atoms. The van der Waals surface area contributed by atoms with Crippen molar-refractivity contribution in [3.63, 3.8) is 0 Å². The average molecular weight is 132 g/mol. The Morgan fingerprint density at radius 1 is 1.33 bits per heavy atom. The smallest absolute Gasteiger partial charge is 0.103 e. The van der Waals surface area contributed by atoms with E-state index in [-0.39, 0.29) is 12.5 Å². The highest BCUT2D eigenvalue weighted by Crippen LogP contribution is 2.33. The summed E-state index contributed by atoms with van der Waals surface area (Å²) in [6.07, 6.45) is 0.337. The van der Waals surface area contributed by atoms with Crippen molar-refractivity contribution in [1.29, 1.82) is 0 Å². The third-order valence-corrected chi connectivity index (χ3v) is 1.69. The minimum Gasteiger partial charge on any atom is -0.394 e. The van der Waals surface area contributed by atoms with Gasteiger partial charge in [-0.2, -0.15) is 0 Å². The molecule has 0 aromatic heterocycles. The molecule has 1 fully saturated rings. The first kappa shape index (κ1) is 6.99. The molecule has 0 aliphatic heterocycles. The van der Waals surface area contributed by atoms with Crippen LogP contribution in [0.4, 0.5) is 0 Å². The third-order valence-electron chi connectivity index (χ3n) is 1.69.